The molecule has 3 unspecified atom stereocenters. The van der Waals surface area contributed by atoms with Crippen LogP contribution in [-0.2, 0) is 27.9 Å². The molecule has 3 atom stereocenters. The quantitative estimate of drug-likeness (QED) is 0.0212. The third-order valence-electron chi connectivity index (χ3n) is 14.1. The molecule has 0 radical (unpaired) electrons. The molecule has 9 nitrogen and oxygen atoms in total. The third-order valence-corrected chi connectivity index (χ3v) is 15.1. The fraction of sp³-hybridized carbons (Fsp3) is 0.791. The highest BCUT2D eigenvalue weighted by molar-refractivity contribution is 7.45. The topological polar surface area (TPSA) is 114 Å². The zero-order valence-corrected chi connectivity index (χ0v) is 52.0. The number of phosphoric acid groups is 1. The van der Waals surface area contributed by atoms with Crippen molar-refractivity contribution < 1.29 is 37.3 Å². The maximum Gasteiger partial charge on any atom is 0.306 e. The second-order valence-corrected chi connectivity index (χ2v) is 24.3. The molecule has 0 aromatic heterocycles. The van der Waals surface area contributed by atoms with E-state index >= 15 is 0 Å². The number of allylic oxidation sites excluding steroid dienone is 11. The van der Waals surface area contributed by atoms with Crippen molar-refractivity contribution in [3.8, 4) is 0 Å². The minimum Gasteiger partial charge on any atom is -0.756 e. The van der Waals surface area contributed by atoms with Crippen molar-refractivity contribution in [2.24, 2.45) is 0 Å². The lowest BCUT2D eigenvalue weighted by Crippen LogP contribution is -2.47. The number of hydrogen-bond donors (Lipinski definition) is 1. The molecule has 448 valence electrons. The zero-order valence-electron chi connectivity index (χ0n) is 51.2. The number of quaternary nitrogens is 1. The van der Waals surface area contributed by atoms with Crippen molar-refractivity contribution >= 4 is 19.7 Å². The number of ether oxygens (including phenoxy) is 1. The average molecular weight is 1100 g/mol. The Morgan fingerprint density at radius 3 is 1.25 bits per heavy atom. The van der Waals surface area contributed by atoms with Crippen LogP contribution in [0.3, 0.4) is 0 Å². The number of nitrogens with one attached hydrogen (secondary N) is 1. The summed E-state index contributed by atoms with van der Waals surface area (Å²) in [7, 11) is 1.16. The van der Waals surface area contributed by atoms with Gasteiger partial charge in [0.1, 0.15) is 19.3 Å². The summed E-state index contributed by atoms with van der Waals surface area (Å²) in [6.45, 7) is 6.79. The monoisotopic (exact) mass is 1100 g/mol. The lowest BCUT2D eigenvalue weighted by molar-refractivity contribution is -0.870. The first kappa shape index (κ1) is 74.5. The van der Waals surface area contributed by atoms with E-state index in [1.807, 2.05) is 33.3 Å². The molecule has 1 N–H and O–H groups in total. The van der Waals surface area contributed by atoms with Crippen LogP contribution in [0.1, 0.15) is 290 Å². The number of carbonyl (C=O) groups is 2. The van der Waals surface area contributed by atoms with E-state index in [0.29, 0.717) is 23.9 Å². The van der Waals surface area contributed by atoms with Gasteiger partial charge in [0.05, 0.1) is 33.8 Å². The van der Waals surface area contributed by atoms with Crippen molar-refractivity contribution in [1.82, 2.24) is 5.32 Å². The number of amides is 1. The van der Waals surface area contributed by atoms with Crippen molar-refractivity contribution in [2.45, 2.75) is 303 Å². The number of nitrogens with zero attached hydrogens (tertiary/aromatic N) is 1. The van der Waals surface area contributed by atoms with Crippen molar-refractivity contribution in [3.63, 3.8) is 0 Å². The number of rotatable bonds is 58. The first-order valence-corrected chi connectivity index (χ1v) is 33.7. The maximum absolute atomic E-state index is 13.6. The van der Waals surface area contributed by atoms with E-state index in [1.54, 1.807) is 0 Å². The smallest absolute Gasteiger partial charge is 0.306 e. The van der Waals surface area contributed by atoms with Gasteiger partial charge in [-0.25, -0.2) is 0 Å². The largest absolute Gasteiger partial charge is 0.756 e. The van der Waals surface area contributed by atoms with E-state index in [4.69, 9.17) is 13.8 Å². The Bertz CT molecular complexity index is 1550. The van der Waals surface area contributed by atoms with Crippen LogP contribution in [0.2, 0.25) is 0 Å². The van der Waals surface area contributed by atoms with Gasteiger partial charge in [-0.05, 0) is 96.0 Å². The van der Waals surface area contributed by atoms with Crippen LogP contribution in [-0.4, -0.2) is 69.4 Å². The Balaban J connectivity index is 5.30. The molecule has 0 bridgehead atoms. The summed E-state index contributed by atoms with van der Waals surface area (Å²) in [5.41, 5.74) is 0. The van der Waals surface area contributed by atoms with Gasteiger partial charge in [-0.3, -0.25) is 14.2 Å². The van der Waals surface area contributed by atoms with Gasteiger partial charge in [0.25, 0.3) is 7.82 Å². The Morgan fingerprint density at radius 2 is 0.805 bits per heavy atom. The Hall–Kier alpha value is -2.55. The highest BCUT2D eigenvalue weighted by Gasteiger charge is 2.27. The van der Waals surface area contributed by atoms with E-state index < -0.39 is 32.5 Å². The van der Waals surface area contributed by atoms with Gasteiger partial charge >= 0.3 is 5.97 Å². The van der Waals surface area contributed by atoms with Crippen LogP contribution >= 0.6 is 7.82 Å². The summed E-state index contributed by atoms with van der Waals surface area (Å²) in [5, 5.41) is 3.02. The lowest BCUT2D eigenvalue weighted by Gasteiger charge is -2.30. The second kappa shape index (κ2) is 56.7. The first-order valence-electron chi connectivity index (χ1n) is 32.2. The molecule has 0 aliphatic rings. The Morgan fingerprint density at radius 1 is 0.455 bits per heavy atom. The van der Waals surface area contributed by atoms with Gasteiger partial charge in [-0.15, -0.1) is 0 Å². The van der Waals surface area contributed by atoms with Crippen molar-refractivity contribution in [3.05, 3.63) is 72.9 Å². The summed E-state index contributed by atoms with van der Waals surface area (Å²) in [6, 6.07) is -0.913. The van der Waals surface area contributed by atoms with Gasteiger partial charge in [-0.2, -0.15) is 0 Å². The number of phosphoric ester groups is 1. The number of likely N-dealkylation sites (N-methyl/N-ethyl adjacent to an activating group) is 1. The van der Waals surface area contributed by atoms with Crippen LogP contribution in [0.4, 0.5) is 0 Å². The molecule has 0 rings (SSSR count). The van der Waals surface area contributed by atoms with Gasteiger partial charge in [-0.1, -0.05) is 255 Å². The molecule has 1 amide bonds. The predicted molar refractivity (Wildman–Crippen MR) is 330 cm³/mol. The number of esters is 1. The molecule has 0 fully saturated rings. The normalized spacial score (nSPS) is 14.1. The van der Waals surface area contributed by atoms with Gasteiger partial charge in [0, 0.05) is 12.8 Å². The second-order valence-electron chi connectivity index (χ2n) is 22.9. The average Bonchev–Trinajstić information content (AvgIpc) is 3.39. The van der Waals surface area contributed by atoms with Crippen LogP contribution in [0.25, 0.3) is 0 Å². The van der Waals surface area contributed by atoms with E-state index in [1.165, 1.54) is 186 Å². The molecule has 0 heterocycles. The van der Waals surface area contributed by atoms with E-state index in [9.17, 15) is 19.0 Å². The number of carbonyl (C=O) groups excluding carboxylic acids is 2. The standard InChI is InChI=1S/C67H123N2O7P/c1-7-10-13-16-19-22-25-28-30-32-33-34-35-37-38-41-44-47-50-53-56-59-66(70)68-64(63-75-77(72,73)74-62-61-69(4,5)6)65(58-55-52-49-46-43-40-27-24-21-18-15-12-9-3)76-67(71)60-57-54-51-48-45-42-39-36-31-29-26-23-20-17-14-11-8-2/h20,23,28-31,39,42,48,51,55,58,64-65H,7-19,21-22,24-27,32-38,40-41,43-47,49-50,52-54,56-57,59-63H2,1-6H3,(H-,68,70,72,73)/b23-20-,30-28+,31-29-,42-39-,51-48-,58-55-. The van der Waals surface area contributed by atoms with E-state index in [-0.39, 0.29) is 18.9 Å². The van der Waals surface area contributed by atoms with E-state index in [0.717, 1.165) is 64.2 Å². The van der Waals surface area contributed by atoms with Gasteiger partial charge in [0.2, 0.25) is 5.91 Å². The highest BCUT2D eigenvalue weighted by Crippen LogP contribution is 2.38. The summed E-state index contributed by atoms with van der Waals surface area (Å²) >= 11 is 0. The fourth-order valence-electron chi connectivity index (χ4n) is 9.10. The van der Waals surface area contributed by atoms with Crippen LogP contribution in [0, 0.1) is 0 Å². The highest BCUT2D eigenvalue weighted by atomic mass is 31.2. The van der Waals surface area contributed by atoms with Crippen molar-refractivity contribution in [1.29, 1.82) is 0 Å². The SMILES string of the molecule is CCCCC/C=C\C/C=C\C/C=C\C/C=C\CCCC(=O)OC(/C=C\CCCCCCCCCCCCC)C(COP(=O)([O-])OCC[N+](C)(C)C)NC(=O)CCCCCCCCCCCCC/C=C/CCCCCCCC. The molecule has 0 aliphatic carbocycles. The number of hydrogen-bond acceptors (Lipinski definition) is 7. The molecular weight excluding hydrogens is 976 g/mol. The van der Waals surface area contributed by atoms with Crippen LogP contribution < -0.4 is 10.2 Å². The van der Waals surface area contributed by atoms with Crippen molar-refractivity contribution in [2.75, 3.05) is 40.9 Å². The molecule has 0 aliphatic heterocycles. The summed E-state index contributed by atoms with van der Waals surface area (Å²) in [4.78, 5) is 40.0. The molecule has 10 heteroatoms. The molecule has 0 aromatic rings. The molecule has 77 heavy (non-hydrogen) atoms. The lowest BCUT2D eigenvalue weighted by atomic mass is 10.0. The molecule has 0 saturated heterocycles. The molecule has 0 saturated carbocycles. The fourth-order valence-corrected chi connectivity index (χ4v) is 9.82. The molecule has 0 aromatic carbocycles. The summed E-state index contributed by atoms with van der Waals surface area (Å²) in [5.74, 6) is -0.602. The predicted octanol–water partition coefficient (Wildman–Crippen LogP) is 19.4. The number of unbranched alkanes of at least 4 members (excludes halogenated alkanes) is 32. The zero-order chi connectivity index (χ0) is 56.4. The van der Waals surface area contributed by atoms with Gasteiger partial charge in [0.15, 0.2) is 0 Å². The van der Waals surface area contributed by atoms with Crippen LogP contribution in [0.5, 0.6) is 0 Å². The third kappa shape index (κ3) is 57.9. The molecule has 0 spiro atoms. The van der Waals surface area contributed by atoms with E-state index in [2.05, 4.69) is 86.8 Å². The minimum absolute atomic E-state index is 0.0322. The Labute approximate surface area is 476 Å². The minimum atomic E-state index is -4.71. The molecular formula is C67H123N2O7P. The van der Waals surface area contributed by atoms with Gasteiger partial charge < -0.3 is 28.5 Å². The summed E-state index contributed by atoms with van der Waals surface area (Å²) < 4.78 is 30.3. The Kier molecular flexibility index (Phi) is 54.8. The summed E-state index contributed by atoms with van der Waals surface area (Å²) in [6.07, 6.45) is 73.0. The maximum atomic E-state index is 13.6. The first-order chi connectivity index (χ1) is 37.4. The van der Waals surface area contributed by atoms with Crippen LogP contribution in [0.15, 0.2) is 72.9 Å².